The van der Waals surface area contributed by atoms with Crippen molar-refractivity contribution >= 4 is 0 Å². The molecule has 0 saturated carbocycles. The van der Waals surface area contributed by atoms with Crippen molar-refractivity contribution in [2.45, 2.75) is 52.5 Å². The van der Waals surface area contributed by atoms with Crippen LogP contribution in [-0.4, -0.2) is 26.3 Å². The van der Waals surface area contributed by atoms with Crippen LogP contribution < -0.4 is 5.32 Å². The molecule has 1 rings (SSSR count). The predicted octanol–water partition coefficient (Wildman–Crippen LogP) is 3.64. The third kappa shape index (κ3) is 6.22. The van der Waals surface area contributed by atoms with Crippen molar-refractivity contribution in [1.82, 2.24) is 5.32 Å². The van der Waals surface area contributed by atoms with Gasteiger partial charge in [-0.1, -0.05) is 30.7 Å². The average molecular weight is 263 g/mol. The van der Waals surface area contributed by atoms with Crippen LogP contribution in [0.4, 0.5) is 0 Å². The van der Waals surface area contributed by atoms with Gasteiger partial charge in [0.1, 0.15) is 0 Å². The predicted molar refractivity (Wildman–Crippen MR) is 82.8 cm³/mol. The molecule has 0 aliphatic rings. The molecule has 0 amide bonds. The van der Waals surface area contributed by atoms with E-state index in [0.717, 1.165) is 26.0 Å². The molecule has 0 bridgehead atoms. The molecule has 0 radical (unpaired) electrons. The zero-order valence-corrected chi connectivity index (χ0v) is 13.0. The van der Waals surface area contributed by atoms with Crippen molar-refractivity contribution in [3.8, 4) is 0 Å². The second-order valence-corrected chi connectivity index (χ2v) is 5.42. The van der Waals surface area contributed by atoms with E-state index in [0.29, 0.717) is 6.04 Å². The lowest BCUT2D eigenvalue weighted by atomic mass is 9.96. The van der Waals surface area contributed by atoms with Gasteiger partial charge in [-0.3, -0.25) is 0 Å². The van der Waals surface area contributed by atoms with Crippen molar-refractivity contribution in [2.24, 2.45) is 0 Å². The number of ether oxygens (including phenoxy) is 1. The van der Waals surface area contributed by atoms with E-state index in [2.05, 4.69) is 44.3 Å². The zero-order valence-electron chi connectivity index (χ0n) is 13.0. The monoisotopic (exact) mass is 263 g/mol. The Kier molecular flexibility index (Phi) is 7.76. The van der Waals surface area contributed by atoms with E-state index in [1.54, 1.807) is 7.11 Å². The van der Waals surface area contributed by atoms with Gasteiger partial charge in [-0.05, 0) is 57.2 Å². The summed E-state index contributed by atoms with van der Waals surface area (Å²) in [4.78, 5) is 0. The molecule has 0 aromatic heterocycles. The van der Waals surface area contributed by atoms with Gasteiger partial charge in [-0.25, -0.2) is 0 Å². The second kappa shape index (κ2) is 9.11. The number of hydrogen-bond donors (Lipinski definition) is 1. The molecule has 19 heavy (non-hydrogen) atoms. The Bertz CT molecular complexity index is 362. The molecule has 0 aliphatic carbocycles. The van der Waals surface area contributed by atoms with Crippen LogP contribution in [0.2, 0.25) is 0 Å². The Hall–Kier alpha value is -0.860. The van der Waals surface area contributed by atoms with Crippen molar-refractivity contribution in [2.75, 3.05) is 20.3 Å². The fraction of sp³-hybridized carbons (Fsp3) is 0.647. The highest BCUT2D eigenvalue weighted by Crippen LogP contribution is 2.15. The molecule has 1 unspecified atom stereocenters. The summed E-state index contributed by atoms with van der Waals surface area (Å²) in [6.07, 6.45) is 4.62. The first-order valence-electron chi connectivity index (χ1n) is 7.45. The summed E-state index contributed by atoms with van der Waals surface area (Å²) in [6, 6.07) is 7.32. The maximum absolute atomic E-state index is 5.16. The molecule has 2 heteroatoms. The lowest BCUT2D eigenvalue weighted by Gasteiger charge is -2.20. The Morgan fingerprint density at radius 1 is 1.26 bits per heavy atom. The SMILES string of the molecule is CCCNC(CCCOC)Cc1cc(C)ccc1C. The first-order chi connectivity index (χ1) is 9.17. The maximum Gasteiger partial charge on any atom is 0.0462 e. The molecule has 0 saturated heterocycles. The number of hydrogen-bond acceptors (Lipinski definition) is 2. The summed E-state index contributed by atoms with van der Waals surface area (Å²) in [5, 5.41) is 3.67. The number of methoxy groups -OCH3 is 1. The van der Waals surface area contributed by atoms with E-state index in [4.69, 9.17) is 4.74 Å². The Morgan fingerprint density at radius 3 is 2.74 bits per heavy atom. The first-order valence-corrected chi connectivity index (χ1v) is 7.45. The summed E-state index contributed by atoms with van der Waals surface area (Å²) in [5.74, 6) is 0. The summed E-state index contributed by atoms with van der Waals surface area (Å²) in [6.45, 7) is 8.56. The normalized spacial score (nSPS) is 12.6. The van der Waals surface area contributed by atoms with Crippen LogP contribution in [0.25, 0.3) is 0 Å². The molecular weight excluding hydrogens is 234 g/mol. The van der Waals surface area contributed by atoms with Crippen LogP contribution in [0.5, 0.6) is 0 Å². The van der Waals surface area contributed by atoms with Gasteiger partial charge in [0.2, 0.25) is 0 Å². The van der Waals surface area contributed by atoms with Crippen LogP contribution in [0.15, 0.2) is 18.2 Å². The highest BCUT2D eigenvalue weighted by Gasteiger charge is 2.10. The molecule has 0 fully saturated rings. The van der Waals surface area contributed by atoms with Crippen LogP contribution >= 0.6 is 0 Å². The smallest absolute Gasteiger partial charge is 0.0462 e. The van der Waals surface area contributed by atoms with Gasteiger partial charge in [0, 0.05) is 19.8 Å². The van der Waals surface area contributed by atoms with E-state index < -0.39 is 0 Å². The van der Waals surface area contributed by atoms with E-state index >= 15 is 0 Å². The van der Waals surface area contributed by atoms with Crippen molar-refractivity contribution in [3.05, 3.63) is 34.9 Å². The van der Waals surface area contributed by atoms with Gasteiger partial charge in [0.15, 0.2) is 0 Å². The highest BCUT2D eigenvalue weighted by atomic mass is 16.5. The minimum absolute atomic E-state index is 0.565. The number of benzene rings is 1. The van der Waals surface area contributed by atoms with Crippen LogP contribution in [0.1, 0.15) is 42.9 Å². The van der Waals surface area contributed by atoms with Gasteiger partial charge >= 0.3 is 0 Å². The lowest BCUT2D eigenvalue weighted by Crippen LogP contribution is -2.32. The molecule has 0 heterocycles. The summed E-state index contributed by atoms with van der Waals surface area (Å²) < 4.78 is 5.16. The lowest BCUT2D eigenvalue weighted by molar-refractivity contribution is 0.188. The van der Waals surface area contributed by atoms with Gasteiger partial charge in [0.25, 0.3) is 0 Å². The zero-order chi connectivity index (χ0) is 14.1. The standard InChI is InChI=1S/C17H29NO/c1-5-10-18-17(7-6-11-19-4)13-16-12-14(2)8-9-15(16)3/h8-9,12,17-18H,5-7,10-11,13H2,1-4H3. The van der Waals surface area contributed by atoms with Crippen molar-refractivity contribution in [3.63, 3.8) is 0 Å². The van der Waals surface area contributed by atoms with Gasteiger partial charge in [-0.2, -0.15) is 0 Å². The number of nitrogens with one attached hydrogen (secondary N) is 1. The Labute approximate surface area is 118 Å². The second-order valence-electron chi connectivity index (χ2n) is 5.42. The molecule has 1 atom stereocenters. The van der Waals surface area contributed by atoms with Gasteiger partial charge in [0.05, 0.1) is 0 Å². The summed E-state index contributed by atoms with van der Waals surface area (Å²) in [5.41, 5.74) is 4.23. The molecule has 1 aromatic rings. The molecule has 0 aliphatic heterocycles. The summed E-state index contributed by atoms with van der Waals surface area (Å²) >= 11 is 0. The van der Waals surface area contributed by atoms with Crippen molar-refractivity contribution < 1.29 is 4.74 Å². The summed E-state index contributed by atoms with van der Waals surface area (Å²) in [7, 11) is 1.78. The largest absolute Gasteiger partial charge is 0.385 e. The first kappa shape index (κ1) is 16.2. The molecule has 0 spiro atoms. The maximum atomic E-state index is 5.16. The quantitative estimate of drug-likeness (QED) is 0.687. The highest BCUT2D eigenvalue weighted by molar-refractivity contribution is 5.31. The topological polar surface area (TPSA) is 21.3 Å². The molecule has 1 N–H and O–H groups in total. The molecule has 108 valence electrons. The van der Waals surface area contributed by atoms with Gasteiger partial charge < -0.3 is 10.1 Å². The fourth-order valence-electron chi connectivity index (χ4n) is 2.38. The van der Waals surface area contributed by atoms with Gasteiger partial charge in [-0.15, -0.1) is 0 Å². The molecule has 1 aromatic carbocycles. The number of rotatable bonds is 9. The third-order valence-electron chi connectivity index (χ3n) is 3.56. The fourth-order valence-corrected chi connectivity index (χ4v) is 2.38. The van der Waals surface area contributed by atoms with Crippen LogP contribution in [-0.2, 0) is 11.2 Å². The third-order valence-corrected chi connectivity index (χ3v) is 3.56. The molecule has 2 nitrogen and oxygen atoms in total. The van der Waals surface area contributed by atoms with E-state index in [-0.39, 0.29) is 0 Å². The average Bonchev–Trinajstić information content (AvgIpc) is 2.40. The van der Waals surface area contributed by atoms with E-state index in [9.17, 15) is 0 Å². The Morgan fingerprint density at radius 2 is 2.05 bits per heavy atom. The van der Waals surface area contributed by atoms with E-state index in [1.807, 2.05) is 0 Å². The molecular formula is C17H29NO. The Balaban J connectivity index is 2.61. The van der Waals surface area contributed by atoms with Crippen LogP contribution in [0.3, 0.4) is 0 Å². The van der Waals surface area contributed by atoms with Crippen molar-refractivity contribution in [1.29, 1.82) is 0 Å². The number of aryl methyl sites for hydroxylation is 2. The minimum atomic E-state index is 0.565. The van der Waals surface area contributed by atoms with E-state index in [1.165, 1.54) is 29.5 Å². The minimum Gasteiger partial charge on any atom is -0.385 e. The van der Waals surface area contributed by atoms with Crippen LogP contribution in [0, 0.1) is 13.8 Å².